The number of nitrogens with zero attached hydrogens (tertiary/aromatic N) is 4. The number of aromatic nitrogens is 2. The quantitative estimate of drug-likeness (QED) is 0.564. The van der Waals surface area contributed by atoms with E-state index in [2.05, 4.69) is 25.8 Å². The number of aliphatic imine (C=N–C) groups is 1. The third-order valence-corrected chi connectivity index (χ3v) is 3.91. The Morgan fingerprint density at radius 2 is 1.96 bits per heavy atom. The van der Waals surface area contributed by atoms with Gasteiger partial charge in [-0.2, -0.15) is 4.98 Å². The second-order valence-electron chi connectivity index (χ2n) is 7.40. The standard InChI is InChI=1S/C19H27ClN6O2/c1-19(2,3)24-15(27)12-26(5)18(21-4)22-11-10-16-23-17(25-28-16)13-6-8-14(20)9-7-13/h6-9H,10-12H2,1-5H3,(H,21,22)(H,24,27). The summed E-state index contributed by atoms with van der Waals surface area (Å²) in [6, 6.07) is 7.25. The molecule has 0 spiro atoms. The van der Waals surface area contributed by atoms with Crippen LogP contribution in [0.3, 0.4) is 0 Å². The van der Waals surface area contributed by atoms with Crippen molar-refractivity contribution in [3.05, 3.63) is 35.2 Å². The zero-order valence-corrected chi connectivity index (χ0v) is 17.7. The van der Waals surface area contributed by atoms with Crippen LogP contribution in [-0.4, -0.2) is 59.6 Å². The second kappa shape index (κ2) is 9.54. The van der Waals surface area contributed by atoms with Crippen LogP contribution in [0.5, 0.6) is 0 Å². The highest BCUT2D eigenvalue weighted by atomic mass is 35.5. The van der Waals surface area contributed by atoms with E-state index in [1.54, 1.807) is 24.1 Å². The summed E-state index contributed by atoms with van der Waals surface area (Å²) in [5.74, 6) is 1.58. The van der Waals surface area contributed by atoms with Crippen LogP contribution in [0, 0.1) is 0 Å². The molecule has 0 unspecified atom stereocenters. The summed E-state index contributed by atoms with van der Waals surface area (Å²) in [5, 5.41) is 10.8. The van der Waals surface area contributed by atoms with Gasteiger partial charge in [-0.3, -0.25) is 9.79 Å². The molecule has 2 N–H and O–H groups in total. The van der Waals surface area contributed by atoms with Gasteiger partial charge in [0.05, 0.1) is 6.54 Å². The Kier molecular flexibility index (Phi) is 7.39. The van der Waals surface area contributed by atoms with Crippen molar-refractivity contribution in [1.29, 1.82) is 0 Å². The predicted octanol–water partition coefficient (Wildman–Crippen LogP) is 2.35. The van der Waals surface area contributed by atoms with Crippen LogP contribution in [-0.2, 0) is 11.2 Å². The van der Waals surface area contributed by atoms with E-state index in [-0.39, 0.29) is 18.0 Å². The first-order valence-electron chi connectivity index (χ1n) is 8.99. The zero-order valence-electron chi connectivity index (χ0n) is 16.9. The van der Waals surface area contributed by atoms with Crippen LogP contribution in [0.25, 0.3) is 11.4 Å². The van der Waals surface area contributed by atoms with Gasteiger partial charge in [0, 0.05) is 43.2 Å². The van der Waals surface area contributed by atoms with E-state index < -0.39 is 0 Å². The van der Waals surface area contributed by atoms with Gasteiger partial charge >= 0.3 is 0 Å². The summed E-state index contributed by atoms with van der Waals surface area (Å²) < 4.78 is 5.29. The summed E-state index contributed by atoms with van der Waals surface area (Å²) in [4.78, 5) is 22.4. The highest BCUT2D eigenvalue weighted by Gasteiger charge is 2.17. The first-order valence-corrected chi connectivity index (χ1v) is 9.37. The second-order valence-corrected chi connectivity index (χ2v) is 7.83. The molecule has 0 radical (unpaired) electrons. The molecule has 9 heteroatoms. The Bertz CT molecular complexity index is 811. The number of guanidine groups is 1. The van der Waals surface area contributed by atoms with Crippen LogP contribution in [0.4, 0.5) is 0 Å². The maximum Gasteiger partial charge on any atom is 0.240 e. The van der Waals surface area contributed by atoms with E-state index in [4.69, 9.17) is 16.1 Å². The van der Waals surface area contributed by atoms with E-state index in [0.717, 1.165) is 5.56 Å². The molecule has 1 amide bonds. The van der Waals surface area contributed by atoms with E-state index in [1.807, 2.05) is 40.0 Å². The number of hydrogen-bond donors (Lipinski definition) is 2. The third-order valence-electron chi connectivity index (χ3n) is 3.66. The maximum absolute atomic E-state index is 12.1. The van der Waals surface area contributed by atoms with Crippen molar-refractivity contribution in [3.63, 3.8) is 0 Å². The normalized spacial score (nSPS) is 12.0. The number of rotatable bonds is 6. The molecule has 0 aliphatic carbocycles. The Labute approximate surface area is 170 Å². The number of amides is 1. The number of halogens is 1. The molecule has 0 fully saturated rings. The average Bonchev–Trinajstić information content (AvgIpc) is 3.06. The molecule has 2 rings (SSSR count). The van der Waals surface area contributed by atoms with Gasteiger partial charge in [-0.1, -0.05) is 16.8 Å². The summed E-state index contributed by atoms with van der Waals surface area (Å²) in [5.41, 5.74) is 0.571. The van der Waals surface area contributed by atoms with Crippen LogP contribution in [0.2, 0.25) is 5.02 Å². The van der Waals surface area contributed by atoms with Crippen molar-refractivity contribution in [2.24, 2.45) is 4.99 Å². The minimum atomic E-state index is -0.269. The molecule has 1 aromatic heterocycles. The molecule has 28 heavy (non-hydrogen) atoms. The predicted molar refractivity (Wildman–Crippen MR) is 110 cm³/mol. The fourth-order valence-corrected chi connectivity index (χ4v) is 2.61. The lowest BCUT2D eigenvalue weighted by Gasteiger charge is -2.25. The molecular weight excluding hydrogens is 380 g/mol. The fourth-order valence-electron chi connectivity index (χ4n) is 2.49. The minimum absolute atomic E-state index is 0.0672. The van der Waals surface area contributed by atoms with Crippen LogP contribution in [0.15, 0.2) is 33.8 Å². The number of carbonyl (C=O) groups is 1. The van der Waals surface area contributed by atoms with Crippen LogP contribution in [0.1, 0.15) is 26.7 Å². The van der Waals surface area contributed by atoms with Gasteiger partial charge < -0.3 is 20.1 Å². The van der Waals surface area contributed by atoms with Crippen molar-refractivity contribution >= 4 is 23.5 Å². The SMILES string of the molecule is CN=C(NCCc1nc(-c2ccc(Cl)cc2)no1)N(C)CC(=O)NC(C)(C)C. The van der Waals surface area contributed by atoms with Crippen molar-refractivity contribution in [2.75, 3.05) is 27.2 Å². The van der Waals surface area contributed by atoms with E-state index in [9.17, 15) is 4.79 Å². The molecule has 152 valence electrons. The topological polar surface area (TPSA) is 95.7 Å². The van der Waals surface area contributed by atoms with Gasteiger partial charge in [0.25, 0.3) is 0 Å². The molecule has 0 aliphatic heterocycles. The third kappa shape index (κ3) is 6.84. The van der Waals surface area contributed by atoms with Crippen molar-refractivity contribution in [1.82, 2.24) is 25.7 Å². The number of likely N-dealkylation sites (N-methyl/N-ethyl adjacent to an activating group) is 1. The first-order chi connectivity index (χ1) is 13.2. The number of nitrogens with one attached hydrogen (secondary N) is 2. The Hall–Kier alpha value is -2.61. The van der Waals surface area contributed by atoms with E-state index in [0.29, 0.717) is 35.7 Å². The van der Waals surface area contributed by atoms with E-state index >= 15 is 0 Å². The van der Waals surface area contributed by atoms with Gasteiger partial charge in [-0.25, -0.2) is 0 Å². The lowest BCUT2D eigenvalue weighted by molar-refractivity contribution is -0.122. The maximum atomic E-state index is 12.1. The first kappa shape index (κ1) is 21.7. The summed E-state index contributed by atoms with van der Waals surface area (Å²) in [6.07, 6.45) is 0.529. The average molecular weight is 407 g/mol. The Morgan fingerprint density at radius 1 is 1.29 bits per heavy atom. The molecule has 0 atom stereocenters. The van der Waals surface area contributed by atoms with Gasteiger partial charge in [0.1, 0.15) is 0 Å². The van der Waals surface area contributed by atoms with Crippen molar-refractivity contribution in [2.45, 2.75) is 32.7 Å². The smallest absolute Gasteiger partial charge is 0.240 e. The Morgan fingerprint density at radius 3 is 2.57 bits per heavy atom. The van der Waals surface area contributed by atoms with Crippen molar-refractivity contribution in [3.8, 4) is 11.4 Å². The minimum Gasteiger partial charge on any atom is -0.356 e. The molecule has 0 bridgehead atoms. The molecule has 0 saturated heterocycles. The molecule has 0 aliphatic rings. The highest BCUT2D eigenvalue weighted by Crippen LogP contribution is 2.18. The highest BCUT2D eigenvalue weighted by molar-refractivity contribution is 6.30. The number of carbonyl (C=O) groups excluding carboxylic acids is 1. The van der Waals surface area contributed by atoms with Crippen LogP contribution < -0.4 is 10.6 Å². The fraction of sp³-hybridized carbons (Fsp3) is 0.474. The number of benzene rings is 1. The molecular formula is C19H27ClN6O2. The van der Waals surface area contributed by atoms with Crippen LogP contribution >= 0.6 is 11.6 Å². The van der Waals surface area contributed by atoms with Gasteiger partial charge in [-0.05, 0) is 45.0 Å². The summed E-state index contributed by atoms with van der Waals surface area (Å²) in [7, 11) is 3.48. The largest absolute Gasteiger partial charge is 0.356 e. The number of hydrogen-bond acceptors (Lipinski definition) is 5. The summed E-state index contributed by atoms with van der Waals surface area (Å²) in [6.45, 7) is 6.58. The monoisotopic (exact) mass is 406 g/mol. The zero-order chi connectivity index (χ0) is 20.7. The summed E-state index contributed by atoms with van der Waals surface area (Å²) >= 11 is 5.89. The molecule has 0 saturated carbocycles. The van der Waals surface area contributed by atoms with Gasteiger partial charge in [-0.15, -0.1) is 0 Å². The molecule has 1 aromatic carbocycles. The lowest BCUT2D eigenvalue weighted by Crippen LogP contribution is -2.49. The van der Waals surface area contributed by atoms with E-state index in [1.165, 1.54) is 0 Å². The lowest BCUT2D eigenvalue weighted by atomic mass is 10.1. The molecule has 2 aromatic rings. The van der Waals surface area contributed by atoms with Crippen molar-refractivity contribution < 1.29 is 9.32 Å². The molecule has 8 nitrogen and oxygen atoms in total. The Balaban J connectivity index is 1.84. The van der Waals surface area contributed by atoms with Gasteiger partial charge in [0.15, 0.2) is 5.96 Å². The molecule has 1 heterocycles. The van der Waals surface area contributed by atoms with Gasteiger partial charge in [0.2, 0.25) is 17.6 Å².